The second-order valence-corrected chi connectivity index (χ2v) is 13.9. The van der Waals surface area contributed by atoms with Crippen LogP contribution in [0.2, 0.25) is 0 Å². The monoisotopic (exact) mass is 712 g/mol. The zero-order valence-electron chi connectivity index (χ0n) is 31.3. The number of aliphatic hydroxyl groups is 6. The van der Waals surface area contributed by atoms with Crippen molar-refractivity contribution in [1.29, 1.82) is 0 Å². The number of allylic oxidation sites excluding steroid dienone is 5. The fourth-order valence-corrected chi connectivity index (χ4v) is 5.93. The first-order valence-corrected chi connectivity index (χ1v) is 19.8. The van der Waals surface area contributed by atoms with Crippen LogP contribution in [0, 0.1) is 0 Å². The summed E-state index contributed by atoms with van der Waals surface area (Å²) in [6.07, 6.45) is 25.3. The Morgan fingerprint density at radius 1 is 0.680 bits per heavy atom. The van der Waals surface area contributed by atoms with E-state index in [4.69, 9.17) is 9.47 Å². The smallest absolute Gasteiger partial charge is 0.249 e. The van der Waals surface area contributed by atoms with Gasteiger partial charge in [-0.15, -0.1) is 0 Å². The number of nitrogens with one attached hydrogen (secondary N) is 1. The molecule has 8 unspecified atom stereocenters. The van der Waals surface area contributed by atoms with Crippen molar-refractivity contribution in [3.63, 3.8) is 0 Å². The molecule has 1 amide bonds. The van der Waals surface area contributed by atoms with Crippen molar-refractivity contribution < 1.29 is 44.9 Å². The van der Waals surface area contributed by atoms with Crippen LogP contribution in [-0.2, 0) is 14.3 Å². The van der Waals surface area contributed by atoms with E-state index in [1.807, 2.05) is 6.08 Å². The minimum absolute atomic E-state index is 0.273. The number of aliphatic hydroxyl groups excluding tert-OH is 6. The van der Waals surface area contributed by atoms with Crippen LogP contribution < -0.4 is 5.32 Å². The third-order valence-corrected chi connectivity index (χ3v) is 9.29. The van der Waals surface area contributed by atoms with Crippen molar-refractivity contribution in [2.24, 2.45) is 0 Å². The second-order valence-electron chi connectivity index (χ2n) is 13.9. The molecule has 1 aliphatic heterocycles. The highest BCUT2D eigenvalue weighted by Crippen LogP contribution is 2.22. The summed E-state index contributed by atoms with van der Waals surface area (Å²) in [6, 6.07) is -1.00. The lowest BCUT2D eigenvalue weighted by Gasteiger charge is -2.40. The van der Waals surface area contributed by atoms with Crippen molar-refractivity contribution in [3.8, 4) is 0 Å². The fraction of sp³-hybridized carbons (Fsp3) is 0.825. The minimum Gasteiger partial charge on any atom is -0.394 e. The Morgan fingerprint density at radius 3 is 1.74 bits per heavy atom. The van der Waals surface area contributed by atoms with Gasteiger partial charge in [0.2, 0.25) is 5.91 Å². The second kappa shape index (κ2) is 30.9. The van der Waals surface area contributed by atoms with Crippen LogP contribution in [0.25, 0.3) is 0 Å². The van der Waals surface area contributed by atoms with Crippen LogP contribution in [-0.4, -0.2) is 98.7 Å². The van der Waals surface area contributed by atoms with Crippen molar-refractivity contribution in [2.75, 3.05) is 13.2 Å². The van der Waals surface area contributed by atoms with Gasteiger partial charge in [0.15, 0.2) is 6.29 Å². The Hall–Kier alpha value is -1.63. The Bertz CT molecular complexity index is 896. The quantitative estimate of drug-likeness (QED) is 0.0342. The van der Waals surface area contributed by atoms with Crippen LogP contribution in [0.3, 0.4) is 0 Å². The molecule has 10 heteroatoms. The summed E-state index contributed by atoms with van der Waals surface area (Å²) in [5.74, 6) is -0.646. The summed E-state index contributed by atoms with van der Waals surface area (Å²) in [5.41, 5.74) is 0. The maximum atomic E-state index is 12.9. The fourth-order valence-electron chi connectivity index (χ4n) is 5.93. The third-order valence-electron chi connectivity index (χ3n) is 9.29. The molecular formula is C40H73NO9. The standard InChI is InChI=1S/C40H73NO9/c1-3-5-7-9-11-13-15-17-19-21-23-25-27-29-34(44)39(48)41-32(31-49-40-38(47)37(46)36(45)35(30-42)50-40)33(43)28-26-24-22-20-18-16-14-12-10-8-6-4-2/h18-21,26,28,32-38,40,42-47H,3-17,22-25,27,29-31H2,1-2H3,(H,41,48)/b20-18+,21-19-,28-26+. The normalized spacial score (nSPS) is 23.2. The van der Waals surface area contributed by atoms with E-state index in [1.54, 1.807) is 6.08 Å². The number of hydrogen-bond donors (Lipinski definition) is 7. The summed E-state index contributed by atoms with van der Waals surface area (Å²) < 4.78 is 11.1. The molecule has 0 saturated carbocycles. The van der Waals surface area contributed by atoms with Gasteiger partial charge in [-0.2, -0.15) is 0 Å². The lowest BCUT2D eigenvalue weighted by Crippen LogP contribution is -2.60. The van der Waals surface area contributed by atoms with E-state index in [2.05, 4.69) is 43.5 Å². The number of carbonyl (C=O) groups is 1. The van der Waals surface area contributed by atoms with Crippen molar-refractivity contribution >= 4 is 5.91 Å². The summed E-state index contributed by atoms with van der Waals surface area (Å²) in [4.78, 5) is 12.9. The molecule has 0 bridgehead atoms. The van der Waals surface area contributed by atoms with Gasteiger partial charge >= 0.3 is 0 Å². The first kappa shape index (κ1) is 46.4. The molecule has 1 saturated heterocycles. The maximum absolute atomic E-state index is 12.9. The van der Waals surface area contributed by atoms with Gasteiger partial charge in [0.1, 0.15) is 30.5 Å². The minimum atomic E-state index is -1.62. The molecule has 7 N–H and O–H groups in total. The van der Waals surface area contributed by atoms with Gasteiger partial charge in [0.25, 0.3) is 0 Å². The molecule has 0 spiro atoms. The molecular weight excluding hydrogens is 638 g/mol. The number of unbranched alkanes of at least 4 members (excludes halogenated alkanes) is 16. The molecule has 0 radical (unpaired) electrons. The van der Waals surface area contributed by atoms with Crippen LogP contribution in [0.1, 0.15) is 149 Å². The summed E-state index contributed by atoms with van der Waals surface area (Å²) >= 11 is 0. The molecule has 1 rings (SSSR count). The van der Waals surface area contributed by atoms with Crippen LogP contribution in [0.4, 0.5) is 0 Å². The van der Waals surface area contributed by atoms with E-state index in [-0.39, 0.29) is 13.0 Å². The van der Waals surface area contributed by atoms with Crippen molar-refractivity contribution in [3.05, 3.63) is 36.5 Å². The molecule has 10 nitrogen and oxygen atoms in total. The Morgan fingerprint density at radius 2 is 1.18 bits per heavy atom. The number of rotatable bonds is 31. The van der Waals surface area contributed by atoms with Crippen molar-refractivity contribution in [1.82, 2.24) is 5.32 Å². The van der Waals surface area contributed by atoms with Gasteiger partial charge in [-0.25, -0.2) is 0 Å². The SMILES string of the molecule is CCCCCCCC/C=C/CC/C=C/C(O)C(COC1OC(CO)C(O)C(O)C1O)NC(=O)C(O)CCCC/C=C\CCCCCCCCC. The number of carbonyl (C=O) groups excluding carboxylic acids is 1. The van der Waals surface area contributed by atoms with Crippen molar-refractivity contribution in [2.45, 2.75) is 198 Å². The molecule has 1 fully saturated rings. The van der Waals surface area contributed by atoms with E-state index >= 15 is 0 Å². The van der Waals surface area contributed by atoms with Gasteiger partial charge in [-0.1, -0.05) is 127 Å². The molecule has 292 valence electrons. The van der Waals surface area contributed by atoms with E-state index < -0.39 is 61.5 Å². The van der Waals surface area contributed by atoms with Gasteiger partial charge in [0, 0.05) is 0 Å². The maximum Gasteiger partial charge on any atom is 0.249 e. The molecule has 0 aromatic heterocycles. The highest BCUT2D eigenvalue weighted by Gasteiger charge is 2.44. The Balaban J connectivity index is 2.56. The summed E-state index contributed by atoms with van der Waals surface area (Å²) in [5, 5.41) is 64.2. The summed E-state index contributed by atoms with van der Waals surface area (Å²) in [7, 11) is 0. The average molecular weight is 712 g/mol. The average Bonchev–Trinajstić information content (AvgIpc) is 3.11. The first-order chi connectivity index (χ1) is 24.3. The zero-order valence-corrected chi connectivity index (χ0v) is 31.3. The third kappa shape index (κ3) is 21.7. The summed E-state index contributed by atoms with van der Waals surface area (Å²) in [6.45, 7) is 3.52. The number of ether oxygens (including phenoxy) is 2. The predicted octanol–water partition coefficient (Wildman–Crippen LogP) is 5.91. The van der Waals surface area contributed by atoms with Gasteiger partial charge in [-0.05, 0) is 57.8 Å². The molecule has 0 aromatic carbocycles. The molecule has 8 atom stereocenters. The topological polar surface area (TPSA) is 169 Å². The lowest BCUT2D eigenvalue weighted by molar-refractivity contribution is -0.302. The molecule has 1 heterocycles. The van der Waals surface area contributed by atoms with Crippen LogP contribution in [0.15, 0.2) is 36.5 Å². The van der Waals surface area contributed by atoms with Gasteiger partial charge in [-0.3, -0.25) is 4.79 Å². The molecule has 0 aromatic rings. The van der Waals surface area contributed by atoms with Gasteiger partial charge < -0.3 is 45.4 Å². The Labute approximate surface area is 303 Å². The predicted molar refractivity (Wildman–Crippen MR) is 199 cm³/mol. The van der Waals surface area contributed by atoms with Crippen LogP contribution in [0.5, 0.6) is 0 Å². The zero-order chi connectivity index (χ0) is 36.8. The number of hydrogen-bond acceptors (Lipinski definition) is 9. The first-order valence-electron chi connectivity index (χ1n) is 19.8. The van der Waals surface area contributed by atoms with Gasteiger partial charge in [0.05, 0.1) is 25.4 Å². The number of amides is 1. The highest BCUT2D eigenvalue weighted by atomic mass is 16.7. The Kier molecular flexibility index (Phi) is 28.7. The molecule has 1 aliphatic rings. The largest absolute Gasteiger partial charge is 0.394 e. The van der Waals surface area contributed by atoms with Crippen LogP contribution >= 0.6 is 0 Å². The van der Waals surface area contributed by atoms with E-state index in [0.29, 0.717) is 12.8 Å². The molecule has 0 aliphatic carbocycles. The molecule has 50 heavy (non-hydrogen) atoms. The van der Waals surface area contributed by atoms with E-state index in [0.717, 1.165) is 32.1 Å². The van der Waals surface area contributed by atoms with E-state index in [1.165, 1.54) is 83.5 Å². The lowest BCUT2D eigenvalue weighted by atomic mass is 9.99. The van der Waals surface area contributed by atoms with E-state index in [9.17, 15) is 35.4 Å². The highest BCUT2D eigenvalue weighted by molar-refractivity contribution is 5.80.